The summed E-state index contributed by atoms with van der Waals surface area (Å²) in [7, 11) is 0. The molecule has 102 valence electrons. The molecule has 1 aromatic rings. The number of carbonyl (C=O) groups is 1. The van der Waals surface area contributed by atoms with Gasteiger partial charge in [-0.2, -0.15) is 0 Å². The summed E-state index contributed by atoms with van der Waals surface area (Å²) in [6.07, 6.45) is 3.30. The van der Waals surface area contributed by atoms with Gasteiger partial charge in [0, 0.05) is 12.3 Å². The number of piperidine rings is 1. The lowest BCUT2D eigenvalue weighted by Gasteiger charge is -2.23. The van der Waals surface area contributed by atoms with Gasteiger partial charge in [0.05, 0.1) is 5.02 Å². The fraction of sp³-hybridized carbons (Fsp3) is 0.533. The molecule has 2 aliphatic rings. The third-order valence-electron chi connectivity index (χ3n) is 4.57. The lowest BCUT2D eigenvalue weighted by Crippen LogP contribution is -2.31. The molecular weight excluding hydrogens is 265 g/mol. The van der Waals surface area contributed by atoms with Crippen molar-refractivity contribution in [1.82, 2.24) is 5.32 Å². The van der Waals surface area contributed by atoms with Gasteiger partial charge >= 0.3 is 0 Å². The van der Waals surface area contributed by atoms with Crippen LogP contribution in [0.25, 0.3) is 0 Å². The van der Waals surface area contributed by atoms with Crippen LogP contribution in [0.15, 0.2) is 18.2 Å². The number of benzene rings is 1. The third-order valence-corrected chi connectivity index (χ3v) is 4.87. The maximum atomic E-state index is 13.8. The van der Waals surface area contributed by atoms with Crippen molar-refractivity contribution in [2.75, 3.05) is 13.1 Å². The van der Waals surface area contributed by atoms with Gasteiger partial charge in [-0.15, -0.1) is 0 Å². The molecule has 2 fully saturated rings. The van der Waals surface area contributed by atoms with Gasteiger partial charge in [0.15, 0.2) is 0 Å². The van der Waals surface area contributed by atoms with Crippen molar-refractivity contribution in [2.24, 2.45) is 11.3 Å². The minimum atomic E-state index is -0.447. The van der Waals surface area contributed by atoms with E-state index in [2.05, 4.69) is 5.32 Å². The van der Waals surface area contributed by atoms with E-state index in [-0.39, 0.29) is 28.6 Å². The molecule has 0 bridgehead atoms. The molecule has 1 spiro atoms. The van der Waals surface area contributed by atoms with Crippen molar-refractivity contribution in [3.63, 3.8) is 0 Å². The van der Waals surface area contributed by atoms with Crippen molar-refractivity contribution in [2.45, 2.75) is 25.7 Å². The predicted octanol–water partition coefficient (Wildman–Crippen LogP) is 2.98. The fourth-order valence-corrected chi connectivity index (χ4v) is 3.47. The standard InChI is InChI=1S/C15H17ClFNO/c16-12-3-1-2-10(14(12)17)8-13(19)11-9-15(11)4-6-18-7-5-15/h1-3,11,18H,4-9H2. The van der Waals surface area contributed by atoms with Crippen molar-refractivity contribution < 1.29 is 9.18 Å². The normalized spacial score (nSPS) is 24.4. The molecule has 3 rings (SSSR count). The Labute approximate surface area is 117 Å². The first-order valence-electron chi connectivity index (χ1n) is 6.79. The molecule has 0 amide bonds. The molecule has 4 heteroatoms. The van der Waals surface area contributed by atoms with E-state index in [1.807, 2.05) is 0 Å². The molecule has 1 heterocycles. The Morgan fingerprint density at radius 1 is 1.42 bits per heavy atom. The molecule has 19 heavy (non-hydrogen) atoms. The molecule has 1 aliphatic heterocycles. The second-order valence-corrected chi connectivity index (χ2v) is 6.13. The molecule has 1 N–H and O–H groups in total. The Bertz CT molecular complexity index is 511. The predicted molar refractivity (Wildman–Crippen MR) is 72.8 cm³/mol. The van der Waals surface area contributed by atoms with Crippen LogP contribution in [0, 0.1) is 17.2 Å². The highest BCUT2D eigenvalue weighted by atomic mass is 35.5. The van der Waals surface area contributed by atoms with E-state index in [4.69, 9.17) is 11.6 Å². The van der Waals surface area contributed by atoms with E-state index in [1.54, 1.807) is 12.1 Å². The highest BCUT2D eigenvalue weighted by Gasteiger charge is 2.56. The molecular formula is C15H17ClFNO. The quantitative estimate of drug-likeness (QED) is 0.923. The van der Waals surface area contributed by atoms with Crippen LogP contribution in [-0.2, 0) is 11.2 Å². The Morgan fingerprint density at radius 2 is 2.16 bits per heavy atom. The summed E-state index contributed by atoms with van der Waals surface area (Å²) in [5, 5.41) is 3.41. The molecule has 2 nitrogen and oxygen atoms in total. The molecule has 1 saturated heterocycles. The van der Waals surface area contributed by atoms with E-state index >= 15 is 0 Å². The number of Topliss-reactive ketones (excluding diaryl/α,β-unsaturated/α-hetero) is 1. The van der Waals surface area contributed by atoms with Gasteiger partial charge in [-0.1, -0.05) is 23.7 Å². The Hall–Kier alpha value is -0.930. The van der Waals surface area contributed by atoms with Gasteiger partial charge in [0.1, 0.15) is 11.6 Å². The largest absolute Gasteiger partial charge is 0.317 e. The van der Waals surface area contributed by atoms with Crippen LogP contribution in [0.2, 0.25) is 5.02 Å². The fourth-order valence-electron chi connectivity index (χ4n) is 3.28. The number of carbonyl (C=O) groups excluding carboxylic acids is 1. The van der Waals surface area contributed by atoms with E-state index in [0.717, 1.165) is 32.4 Å². The average molecular weight is 282 g/mol. The van der Waals surface area contributed by atoms with Crippen molar-refractivity contribution in [3.05, 3.63) is 34.6 Å². The number of hydrogen-bond acceptors (Lipinski definition) is 2. The summed E-state index contributed by atoms with van der Waals surface area (Å²) in [4.78, 5) is 12.3. The molecule has 1 aromatic carbocycles. The number of halogens is 2. The topological polar surface area (TPSA) is 29.1 Å². The minimum Gasteiger partial charge on any atom is -0.317 e. The number of nitrogens with one attached hydrogen (secondary N) is 1. The van der Waals surface area contributed by atoms with E-state index in [9.17, 15) is 9.18 Å². The van der Waals surface area contributed by atoms with Gasteiger partial charge < -0.3 is 5.32 Å². The average Bonchev–Trinajstić information content (AvgIpc) is 3.09. The SMILES string of the molecule is O=C(Cc1cccc(Cl)c1F)C1CC12CCNCC2. The van der Waals surface area contributed by atoms with Crippen LogP contribution in [0.3, 0.4) is 0 Å². The molecule has 0 radical (unpaired) electrons. The summed E-state index contributed by atoms with van der Waals surface area (Å²) in [5.74, 6) is -0.145. The third kappa shape index (κ3) is 2.41. The first kappa shape index (κ1) is 13.1. The van der Waals surface area contributed by atoms with Crippen LogP contribution in [0.4, 0.5) is 4.39 Å². The number of hydrogen-bond donors (Lipinski definition) is 1. The second kappa shape index (κ2) is 4.88. The van der Waals surface area contributed by atoms with E-state index in [0.29, 0.717) is 5.56 Å². The highest BCUT2D eigenvalue weighted by Crippen LogP contribution is 2.59. The van der Waals surface area contributed by atoms with E-state index in [1.165, 1.54) is 6.07 Å². The lowest BCUT2D eigenvalue weighted by atomic mass is 9.89. The summed E-state index contributed by atoms with van der Waals surface area (Å²) in [6, 6.07) is 4.86. The van der Waals surface area contributed by atoms with Gasteiger partial charge in [-0.05, 0) is 49.4 Å². The number of ketones is 1. The summed E-state index contributed by atoms with van der Waals surface area (Å²) in [5.41, 5.74) is 0.644. The Kier molecular flexibility index (Phi) is 3.35. The molecule has 1 aliphatic carbocycles. The van der Waals surface area contributed by atoms with E-state index < -0.39 is 5.82 Å². The second-order valence-electron chi connectivity index (χ2n) is 5.73. The zero-order chi connectivity index (χ0) is 13.5. The highest BCUT2D eigenvalue weighted by molar-refractivity contribution is 6.30. The zero-order valence-electron chi connectivity index (χ0n) is 10.7. The molecule has 0 aromatic heterocycles. The maximum absolute atomic E-state index is 13.8. The van der Waals surface area contributed by atoms with Gasteiger partial charge in [0.25, 0.3) is 0 Å². The lowest BCUT2D eigenvalue weighted by molar-refractivity contribution is -0.120. The van der Waals surface area contributed by atoms with Crippen LogP contribution in [-0.4, -0.2) is 18.9 Å². The first-order chi connectivity index (χ1) is 9.12. The summed E-state index contributed by atoms with van der Waals surface area (Å²) >= 11 is 5.74. The number of rotatable bonds is 3. The monoisotopic (exact) mass is 281 g/mol. The summed E-state index contributed by atoms with van der Waals surface area (Å²) < 4.78 is 13.8. The van der Waals surface area contributed by atoms with Crippen molar-refractivity contribution >= 4 is 17.4 Å². The smallest absolute Gasteiger partial charge is 0.145 e. The molecule has 1 atom stereocenters. The van der Waals surface area contributed by atoms with Gasteiger partial charge in [-0.3, -0.25) is 4.79 Å². The first-order valence-corrected chi connectivity index (χ1v) is 7.16. The van der Waals surface area contributed by atoms with Crippen molar-refractivity contribution in [3.8, 4) is 0 Å². The Balaban J connectivity index is 1.68. The minimum absolute atomic E-state index is 0.0951. The van der Waals surface area contributed by atoms with Crippen LogP contribution < -0.4 is 5.32 Å². The molecule has 1 saturated carbocycles. The van der Waals surface area contributed by atoms with Crippen LogP contribution in [0.5, 0.6) is 0 Å². The van der Waals surface area contributed by atoms with Gasteiger partial charge in [-0.25, -0.2) is 4.39 Å². The van der Waals surface area contributed by atoms with Crippen molar-refractivity contribution in [1.29, 1.82) is 0 Å². The van der Waals surface area contributed by atoms with Crippen LogP contribution in [0.1, 0.15) is 24.8 Å². The van der Waals surface area contributed by atoms with Crippen LogP contribution >= 0.6 is 11.6 Å². The van der Waals surface area contributed by atoms with Gasteiger partial charge in [0.2, 0.25) is 0 Å². The maximum Gasteiger partial charge on any atom is 0.145 e. The molecule has 1 unspecified atom stereocenters. The Morgan fingerprint density at radius 3 is 2.89 bits per heavy atom. The summed E-state index contributed by atoms with van der Waals surface area (Å²) in [6.45, 7) is 1.99. The zero-order valence-corrected chi connectivity index (χ0v) is 11.5.